The number of nitrogens with zero attached hydrogens (tertiary/aromatic N) is 3. The van der Waals surface area contributed by atoms with Gasteiger partial charge in [-0.15, -0.1) is 11.3 Å². The number of guanidine groups is 1. The van der Waals surface area contributed by atoms with E-state index in [1.54, 1.807) is 0 Å². The standard InChI is InChI=1S/C21H31N5S/c1-16-7-8-17(19(14-16)25(3)4)15-23-21(22-2)24-18-9-11-26(12-10-18)20-6-5-13-27-20/h5-8,13-14,18H,9-12,15H2,1-4H3,(H2,22,23,24). The molecular formula is C21H31N5S. The zero-order chi connectivity index (χ0) is 19.2. The average molecular weight is 386 g/mol. The lowest BCUT2D eigenvalue weighted by Gasteiger charge is -2.33. The monoisotopic (exact) mass is 385 g/mol. The lowest BCUT2D eigenvalue weighted by atomic mass is 10.1. The van der Waals surface area contributed by atoms with Crippen molar-refractivity contribution in [2.45, 2.75) is 32.4 Å². The summed E-state index contributed by atoms with van der Waals surface area (Å²) >= 11 is 1.82. The predicted molar refractivity (Wildman–Crippen MR) is 118 cm³/mol. The zero-order valence-electron chi connectivity index (χ0n) is 16.8. The highest BCUT2D eigenvalue weighted by Crippen LogP contribution is 2.25. The van der Waals surface area contributed by atoms with Crippen molar-refractivity contribution in [1.82, 2.24) is 10.6 Å². The van der Waals surface area contributed by atoms with Crippen molar-refractivity contribution in [3.8, 4) is 0 Å². The van der Waals surface area contributed by atoms with E-state index in [9.17, 15) is 0 Å². The first-order valence-corrected chi connectivity index (χ1v) is 10.5. The summed E-state index contributed by atoms with van der Waals surface area (Å²) in [5, 5.41) is 10.6. The van der Waals surface area contributed by atoms with E-state index in [-0.39, 0.29) is 0 Å². The fraction of sp³-hybridized carbons (Fsp3) is 0.476. The minimum absolute atomic E-state index is 0.471. The Hall–Kier alpha value is -2.21. The first-order valence-electron chi connectivity index (χ1n) is 9.59. The van der Waals surface area contributed by atoms with E-state index in [0.29, 0.717) is 6.04 Å². The zero-order valence-corrected chi connectivity index (χ0v) is 17.6. The van der Waals surface area contributed by atoms with Gasteiger partial charge in [0.25, 0.3) is 0 Å². The Morgan fingerprint density at radius 1 is 1.26 bits per heavy atom. The van der Waals surface area contributed by atoms with Gasteiger partial charge in [-0.2, -0.15) is 0 Å². The number of nitrogens with one attached hydrogen (secondary N) is 2. The normalized spacial score (nSPS) is 15.7. The Morgan fingerprint density at radius 3 is 2.67 bits per heavy atom. The highest BCUT2D eigenvalue weighted by molar-refractivity contribution is 7.14. The number of aliphatic imine (C=N–C) groups is 1. The van der Waals surface area contributed by atoms with Crippen LogP contribution in [-0.4, -0.2) is 46.2 Å². The van der Waals surface area contributed by atoms with E-state index in [4.69, 9.17) is 0 Å². The van der Waals surface area contributed by atoms with Crippen LogP contribution < -0.4 is 20.4 Å². The molecule has 0 atom stereocenters. The van der Waals surface area contributed by atoms with Crippen LogP contribution in [0.2, 0.25) is 0 Å². The summed E-state index contributed by atoms with van der Waals surface area (Å²) in [6.45, 7) is 5.09. The molecule has 0 radical (unpaired) electrons. The summed E-state index contributed by atoms with van der Waals surface area (Å²) in [4.78, 5) is 9.08. The molecule has 0 aliphatic carbocycles. The van der Waals surface area contributed by atoms with Gasteiger partial charge in [-0.05, 0) is 54.5 Å². The van der Waals surface area contributed by atoms with Gasteiger partial charge in [0.1, 0.15) is 0 Å². The molecule has 1 saturated heterocycles. The van der Waals surface area contributed by atoms with E-state index < -0.39 is 0 Å². The molecule has 27 heavy (non-hydrogen) atoms. The molecular weight excluding hydrogens is 354 g/mol. The number of anilines is 2. The lowest BCUT2D eigenvalue weighted by molar-refractivity contribution is 0.463. The molecule has 2 heterocycles. The number of benzene rings is 1. The molecule has 0 spiro atoms. The summed E-state index contributed by atoms with van der Waals surface area (Å²) in [6, 6.07) is 11.4. The first-order chi connectivity index (χ1) is 13.1. The minimum atomic E-state index is 0.471. The van der Waals surface area contributed by atoms with Crippen LogP contribution in [0, 0.1) is 6.92 Å². The van der Waals surface area contributed by atoms with Crippen molar-refractivity contribution in [3.05, 3.63) is 46.8 Å². The van der Waals surface area contributed by atoms with Crippen molar-refractivity contribution in [1.29, 1.82) is 0 Å². The van der Waals surface area contributed by atoms with Gasteiger partial charge in [-0.25, -0.2) is 0 Å². The third kappa shape index (κ3) is 5.16. The summed E-state index contributed by atoms with van der Waals surface area (Å²) in [5.41, 5.74) is 3.81. The third-order valence-corrected chi connectivity index (χ3v) is 5.98. The van der Waals surface area contributed by atoms with E-state index in [0.717, 1.165) is 38.4 Å². The second-order valence-corrected chi connectivity index (χ2v) is 8.24. The smallest absolute Gasteiger partial charge is 0.191 e. The Balaban J connectivity index is 1.52. The molecule has 1 aliphatic rings. The minimum Gasteiger partial charge on any atom is -0.377 e. The molecule has 0 amide bonds. The van der Waals surface area contributed by atoms with Gasteiger partial charge in [0.05, 0.1) is 5.00 Å². The van der Waals surface area contributed by atoms with Crippen LogP contribution in [0.3, 0.4) is 0 Å². The molecule has 0 unspecified atom stereocenters. The second kappa shape index (κ2) is 9.13. The topological polar surface area (TPSA) is 42.9 Å². The number of hydrogen-bond acceptors (Lipinski definition) is 4. The van der Waals surface area contributed by atoms with Crippen molar-refractivity contribution >= 4 is 28.0 Å². The largest absolute Gasteiger partial charge is 0.377 e. The fourth-order valence-corrected chi connectivity index (χ4v) is 4.29. The molecule has 6 heteroatoms. The number of aryl methyl sites for hydroxylation is 1. The van der Waals surface area contributed by atoms with E-state index >= 15 is 0 Å². The van der Waals surface area contributed by atoms with Crippen LogP contribution in [0.25, 0.3) is 0 Å². The van der Waals surface area contributed by atoms with Gasteiger partial charge < -0.3 is 20.4 Å². The Labute approximate surface area is 167 Å². The lowest BCUT2D eigenvalue weighted by Crippen LogP contribution is -2.48. The van der Waals surface area contributed by atoms with Gasteiger partial charge >= 0.3 is 0 Å². The van der Waals surface area contributed by atoms with Gasteiger partial charge in [0.2, 0.25) is 0 Å². The maximum absolute atomic E-state index is 4.43. The highest BCUT2D eigenvalue weighted by Gasteiger charge is 2.20. The molecule has 1 aromatic carbocycles. The molecule has 1 aromatic heterocycles. The van der Waals surface area contributed by atoms with Crippen molar-refractivity contribution in [3.63, 3.8) is 0 Å². The maximum atomic E-state index is 4.43. The van der Waals surface area contributed by atoms with Crippen LogP contribution in [0.4, 0.5) is 10.7 Å². The molecule has 1 fully saturated rings. The average Bonchev–Trinajstić information content (AvgIpc) is 3.21. The Bertz CT molecular complexity index is 746. The summed E-state index contributed by atoms with van der Waals surface area (Å²) in [7, 11) is 6.03. The molecule has 2 N–H and O–H groups in total. The van der Waals surface area contributed by atoms with Crippen LogP contribution in [0.15, 0.2) is 40.7 Å². The number of thiophene rings is 1. The molecule has 3 rings (SSSR count). The summed E-state index contributed by atoms with van der Waals surface area (Å²) < 4.78 is 0. The van der Waals surface area contributed by atoms with Gasteiger partial charge in [0.15, 0.2) is 5.96 Å². The molecule has 1 aliphatic heterocycles. The van der Waals surface area contributed by atoms with Crippen molar-refractivity contribution in [2.24, 2.45) is 4.99 Å². The Morgan fingerprint density at radius 2 is 2.04 bits per heavy atom. The quantitative estimate of drug-likeness (QED) is 0.611. The van der Waals surface area contributed by atoms with Gasteiger partial charge in [-0.3, -0.25) is 4.99 Å². The molecule has 0 saturated carbocycles. The van der Waals surface area contributed by atoms with Crippen LogP contribution in [0.5, 0.6) is 0 Å². The number of piperidine rings is 1. The second-order valence-electron chi connectivity index (χ2n) is 7.31. The van der Waals surface area contributed by atoms with Crippen molar-refractivity contribution in [2.75, 3.05) is 44.0 Å². The van der Waals surface area contributed by atoms with Crippen LogP contribution in [-0.2, 0) is 6.54 Å². The molecule has 2 aromatic rings. The van der Waals surface area contributed by atoms with Crippen LogP contribution >= 0.6 is 11.3 Å². The SMILES string of the molecule is CN=C(NCc1ccc(C)cc1N(C)C)NC1CCN(c2cccs2)CC1. The summed E-state index contributed by atoms with van der Waals surface area (Å²) in [6.07, 6.45) is 2.26. The molecule has 5 nitrogen and oxygen atoms in total. The van der Waals surface area contributed by atoms with E-state index in [1.165, 1.54) is 21.8 Å². The Kier molecular flexibility index (Phi) is 6.61. The molecule has 146 valence electrons. The van der Waals surface area contributed by atoms with Gasteiger partial charge in [0, 0.05) is 52.5 Å². The highest BCUT2D eigenvalue weighted by atomic mass is 32.1. The van der Waals surface area contributed by atoms with Crippen LogP contribution in [0.1, 0.15) is 24.0 Å². The summed E-state index contributed by atoms with van der Waals surface area (Å²) in [5.74, 6) is 0.884. The van der Waals surface area contributed by atoms with Gasteiger partial charge in [-0.1, -0.05) is 12.1 Å². The van der Waals surface area contributed by atoms with E-state index in [1.807, 2.05) is 18.4 Å². The van der Waals surface area contributed by atoms with E-state index in [2.05, 4.69) is 82.2 Å². The maximum Gasteiger partial charge on any atom is 0.191 e. The predicted octanol–water partition coefficient (Wildman–Crippen LogP) is 3.46. The first kappa shape index (κ1) is 19.5. The third-order valence-electron chi connectivity index (χ3n) is 5.05. The van der Waals surface area contributed by atoms with Crippen molar-refractivity contribution < 1.29 is 0 Å². The fourth-order valence-electron chi connectivity index (χ4n) is 3.50. The molecule has 0 bridgehead atoms. The number of hydrogen-bond donors (Lipinski definition) is 2. The number of rotatable bonds is 5.